The van der Waals surface area contributed by atoms with Crippen LogP contribution in [-0.4, -0.2) is 62.4 Å². The van der Waals surface area contributed by atoms with Crippen molar-refractivity contribution in [2.45, 2.75) is 17.4 Å². The molecular formula is C14H17FN2O4S. The van der Waals surface area contributed by atoms with Crippen molar-refractivity contribution in [2.24, 2.45) is 0 Å². The van der Waals surface area contributed by atoms with Crippen molar-refractivity contribution in [3.8, 4) is 0 Å². The van der Waals surface area contributed by atoms with Crippen molar-refractivity contribution < 1.29 is 22.3 Å². The zero-order valence-electron chi connectivity index (χ0n) is 11.9. The number of piperazine rings is 1. The average molecular weight is 328 g/mol. The summed E-state index contributed by atoms with van der Waals surface area (Å²) in [5, 5.41) is 0. The first-order valence-corrected chi connectivity index (χ1v) is 8.59. The second kappa shape index (κ2) is 5.94. The van der Waals surface area contributed by atoms with Gasteiger partial charge in [0.1, 0.15) is 11.9 Å². The topological polar surface area (TPSA) is 66.9 Å². The molecule has 1 atom stereocenters. The number of hydrogen-bond donors (Lipinski definition) is 0. The van der Waals surface area contributed by atoms with Crippen LogP contribution in [0.15, 0.2) is 29.2 Å². The third-order valence-electron chi connectivity index (χ3n) is 4.07. The molecule has 0 aromatic heterocycles. The first-order valence-electron chi connectivity index (χ1n) is 7.15. The van der Waals surface area contributed by atoms with Gasteiger partial charge in [0.05, 0.1) is 11.5 Å². The average Bonchev–Trinajstić information content (AvgIpc) is 2.94. The van der Waals surface area contributed by atoms with Crippen LogP contribution in [0.4, 0.5) is 4.39 Å². The van der Waals surface area contributed by atoms with Crippen molar-refractivity contribution in [1.82, 2.24) is 9.21 Å². The smallest absolute Gasteiger partial charge is 0.323 e. The predicted octanol–water partition coefficient (Wildman–Crippen LogP) is 0.448. The molecule has 2 heterocycles. The highest BCUT2D eigenvalue weighted by atomic mass is 32.2. The van der Waals surface area contributed by atoms with E-state index in [1.807, 2.05) is 4.90 Å². The van der Waals surface area contributed by atoms with Gasteiger partial charge < -0.3 is 4.74 Å². The van der Waals surface area contributed by atoms with Crippen LogP contribution in [0.1, 0.15) is 6.42 Å². The van der Waals surface area contributed by atoms with E-state index in [1.165, 1.54) is 16.4 Å². The molecule has 8 heteroatoms. The van der Waals surface area contributed by atoms with Crippen molar-refractivity contribution >= 4 is 16.0 Å². The minimum Gasteiger partial charge on any atom is -0.464 e. The molecule has 0 aliphatic carbocycles. The number of nitrogens with zero attached hydrogens (tertiary/aromatic N) is 2. The third-order valence-corrected chi connectivity index (χ3v) is 5.99. The van der Waals surface area contributed by atoms with Gasteiger partial charge in [-0.25, -0.2) is 12.8 Å². The van der Waals surface area contributed by atoms with E-state index in [0.717, 1.165) is 12.1 Å². The van der Waals surface area contributed by atoms with Crippen LogP contribution in [0.2, 0.25) is 0 Å². The normalized spacial score (nSPS) is 24.4. The van der Waals surface area contributed by atoms with Gasteiger partial charge >= 0.3 is 5.97 Å². The maximum Gasteiger partial charge on any atom is 0.323 e. The van der Waals surface area contributed by atoms with E-state index in [0.29, 0.717) is 39.2 Å². The van der Waals surface area contributed by atoms with Crippen molar-refractivity contribution in [2.75, 3.05) is 32.8 Å². The Bertz CT molecular complexity index is 654. The number of rotatable bonds is 3. The summed E-state index contributed by atoms with van der Waals surface area (Å²) >= 11 is 0. The fraction of sp³-hybridized carbons (Fsp3) is 0.500. The van der Waals surface area contributed by atoms with Gasteiger partial charge in [0.2, 0.25) is 10.0 Å². The summed E-state index contributed by atoms with van der Waals surface area (Å²) in [6, 6.07) is 4.56. The van der Waals surface area contributed by atoms with Crippen LogP contribution in [0.3, 0.4) is 0 Å². The Morgan fingerprint density at radius 2 is 1.73 bits per heavy atom. The van der Waals surface area contributed by atoms with E-state index in [-0.39, 0.29) is 16.9 Å². The Labute approximate surface area is 128 Å². The summed E-state index contributed by atoms with van der Waals surface area (Å²) in [6.45, 7) is 2.02. The van der Waals surface area contributed by atoms with E-state index < -0.39 is 15.8 Å². The fourth-order valence-electron chi connectivity index (χ4n) is 2.83. The van der Waals surface area contributed by atoms with Crippen molar-refractivity contribution in [1.29, 1.82) is 0 Å². The Hall–Kier alpha value is -1.51. The number of sulfonamides is 1. The lowest BCUT2D eigenvalue weighted by Gasteiger charge is -2.35. The van der Waals surface area contributed by atoms with Gasteiger partial charge in [-0.05, 0) is 24.3 Å². The quantitative estimate of drug-likeness (QED) is 0.754. The van der Waals surface area contributed by atoms with Gasteiger partial charge in [0.25, 0.3) is 0 Å². The molecule has 1 aromatic rings. The molecule has 1 aromatic carbocycles. The molecule has 0 saturated carbocycles. The van der Waals surface area contributed by atoms with Gasteiger partial charge in [0.15, 0.2) is 0 Å². The molecule has 0 unspecified atom stereocenters. The molecule has 6 nitrogen and oxygen atoms in total. The number of cyclic esters (lactones) is 1. The maximum absolute atomic E-state index is 12.9. The third kappa shape index (κ3) is 2.86. The minimum atomic E-state index is -3.62. The van der Waals surface area contributed by atoms with Crippen LogP contribution in [0.25, 0.3) is 0 Å². The predicted molar refractivity (Wildman–Crippen MR) is 76.1 cm³/mol. The van der Waals surface area contributed by atoms with E-state index in [1.54, 1.807) is 0 Å². The number of esters is 1. The summed E-state index contributed by atoms with van der Waals surface area (Å²) in [5.74, 6) is -0.696. The molecule has 22 heavy (non-hydrogen) atoms. The number of carbonyl (C=O) groups is 1. The van der Waals surface area contributed by atoms with Gasteiger partial charge in [-0.3, -0.25) is 9.69 Å². The lowest BCUT2D eigenvalue weighted by molar-refractivity contribution is -0.142. The largest absolute Gasteiger partial charge is 0.464 e. The molecule has 2 aliphatic heterocycles. The molecule has 2 aliphatic rings. The molecule has 3 rings (SSSR count). The zero-order chi connectivity index (χ0) is 15.7. The molecule has 2 saturated heterocycles. The van der Waals surface area contributed by atoms with Gasteiger partial charge in [-0.1, -0.05) is 0 Å². The van der Waals surface area contributed by atoms with Crippen LogP contribution >= 0.6 is 0 Å². The minimum absolute atomic E-state index is 0.0858. The van der Waals surface area contributed by atoms with Crippen LogP contribution < -0.4 is 0 Å². The Kier molecular flexibility index (Phi) is 4.16. The summed E-state index contributed by atoms with van der Waals surface area (Å²) in [7, 11) is -3.62. The molecule has 2 fully saturated rings. The number of ether oxygens (including phenoxy) is 1. The van der Waals surface area contributed by atoms with Gasteiger partial charge in [0, 0.05) is 32.6 Å². The number of benzene rings is 1. The molecule has 0 N–H and O–H groups in total. The lowest BCUT2D eigenvalue weighted by atomic mass is 10.2. The van der Waals surface area contributed by atoms with E-state index >= 15 is 0 Å². The standard InChI is InChI=1S/C14H17FN2O4S/c15-11-1-3-12(4-2-11)22(19,20)17-8-6-16(7-9-17)13-5-10-21-14(13)18/h1-4,13H,5-10H2/t13-/m0/s1. The highest BCUT2D eigenvalue weighted by Crippen LogP contribution is 2.21. The van der Waals surface area contributed by atoms with E-state index in [9.17, 15) is 17.6 Å². The SMILES string of the molecule is O=C1OCC[C@@H]1N1CCN(S(=O)(=O)c2ccc(F)cc2)CC1. The number of carbonyl (C=O) groups excluding carboxylic acids is 1. The Morgan fingerprint density at radius 3 is 2.27 bits per heavy atom. The van der Waals surface area contributed by atoms with Crippen LogP contribution in [0, 0.1) is 5.82 Å². The monoisotopic (exact) mass is 328 g/mol. The summed E-state index contributed by atoms with van der Waals surface area (Å²) in [6.07, 6.45) is 0.656. The van der Waals surface area contributed by atoms with Crippen LogP contribution in [-0.2, 0) is 19.6 Å². The molecule has 0 spiro atoms. The van der Waals surface area contributed by atoms with Gasteiger partial charge in [-0.2, -0.15) is 4.31 Å². The maximum atomic E-state index is 12.9. The number of halogens is 1. The highest BCUT2D eigenvalue weighted by Gasteiger charge is 2.36. The summed E-state index contributed by atoms with van der Waals surface area (Å²) in [5.41, 5.74) is 0. The molecule has 0 radical (unpaired) electrons. The van der Waals surface area contributed by atoms with E-state index in [4.69, 9.17) is 4.74 Å². The lowest BCUT2D eigenvalue weighted by Crippen LogP contribution is -2.52. The zero-order valence-corrected chi connectivity index (χ0v) is 12.8. The summed E-state index contributed by atoms with van der Waals surface area (Å²) in [4.78, 5) is 13.6. The highest BCUT2D eigenvalue weighted by molar-refractivity contribution is 7.89. The van der Waals surface area contributed by atoms with Gasteiger partial charge in [-0.15, -0.1) is 0 Å². The Morgan fingerprint density at radius 1 is 1.09 bits per heavy atom. The van der Waals surface area contributed by atoms with E-state index in [2.05, 4.69) is 0 Å². The first kappa shape index (κ1) is 15.4. The van der Waals surface area contributed by atoms with Crippen molar-refractivity contribution in [3.63, 3.8) is 0 Å². The van der Waals surface area contributed by atoms with Crippen LogP contribution in [0.5, 0.6) is 0 Å². The molecule has 120 valence electrons. The second-order valence-electron chi connectivity index (χ2n) is 5.37. The summed E-state index contributed by atoms with van der Waals surface area (Å²) < 4.78 is 44.2. The molecule has 0 bridgehead atoms. The molecule has 0 amide bonds. The first-order chi connectivity index (χ1) is 10.5. The fourth-order valence-corrected chi connectivity index (χ4v) is 4.25. The Balaban J connectivity index is 1.68. The number of hydrogen-bond acceptors (Lipinski definition) is 5. The van der Waals surface area contributed by atoms with Crippen molar-refractivity contribution in [3.05, 3.63) is 30.1 Å². The molecular weight excluding hydrogens is 311 g/mol. The second-order valence-corrected chi connectivity index (χ2v) is 7.30.